The fourth-order valence-electron chi connectivity index (χ4n) is 3.70. The van der Waals surface area contributed by atoms with Crippen molar-refractivity contribution >= 4 is 20.9 Å². The Morgan fingerprint density at radius 2 is 1.79 bits per heavy atom. The Hall–Kier alpha value is -2.64. The first-order chi connectivity index (χ1) is 14.0. The maximum absolute atomic E-state index is 13.0. The summed E-state index contributed by atoms with van der Waals surface area (Å²) in [5.74, 6) is 1.43. The summed E-state index contributed by atoms with van der Waals surface area (Å²) in [6.45, 7) is 2.70. The van der Waals surface area contributed by atoms with Crippen molar-refractivity contribution in [2.45, 2.75) is 30.8 Å². The molecule has 0 unspecified atom stereocenters. The average Bonchev–Trinajstić information content (AvgIpc) is 2.74. The number of aromatic nitrogens is 1. The monoisotopic (exact) mass is 412 g/mol. The average molecular weight is 413 g/mol. The van der Waals surface area contributed by atoms with E-state index in [1.165, 1.54) is 4.31 Å². The summed E-state index contributed by atoms with van der Waals surface area (Å²) in [5.41, 5.74) is 1.63. The summed E-state index contributed by atoms with van der Waals surface area (Å²) < 4.78 is 39.0. The van der Waals surface area contributed by atoms with E-state index >= 15 is 0 Å². The van der Waals surface area contributed by atoms with Crippen LogP contribution in [0.5, 0.6) is 11.5 Å². The zero-order valence-corrected chi connectivity index (χ0v) is 17.4. The van der Waals surface area contributed by atoms with Crippen LogP contribution in [0.15, 0.2) is 59.6 Å². The number of hydrogen-bond acceptors (Lipinski definition) is 5. The lowest BCUT2D eigenvalue weighted by Gasteiger charge is -2.31. The Balaban J connectivity index is 1.45. The molecule has 0 amide bonds. The zero-order valence-electron chi connectivity index (χ0n) is 16.5. The Morgan fingerprint density at radius 1 is 1.03 bits per heavy atom. The molecule has 6 nitrogen and oxygen atoms in total. The second-order valence-corrected chi connectivity index (χ2v) is 9.12. The van der Waals surface area contributed by atoms with Gasteiger partial charge in [0.2, 0.25) is 10.0 Å². The maximum Gasteiger partial charge on any atom is 0.243 e. The summed E-state index contributed by atoms with van der Waals surface area (Å²) in [6, 6.07) is 14.7. The van der Waals surface area contributed by atoms with Crippen LogP contribution in [0.4, 0.5) is 0 Å². The number of ether oxygens (including phenoxy) is 2. The minimum absolute atomic E-state index is 0.0355. The van der Waals surface area contributed by atoms with Crippen molar-refractivity contribution in [3.63, 3.8) is 0 Å². The molecule has 0 N–H and O–H groups in total. The molecule has 29 heavy (non-hydrogen) atoms. The minimum atomic E-state index is -3.53. The number of sulfonamides is 1. The molecule has 1 aromatic heterocycles. The molecule has 1 saturated heterocycles. The van der Waals surface area contributed by atoms with Gasteiger partial charge in [-0.1, -0.05) is 18.2 Å². The maximum atomic E-state index is 13.0. The first-order valence-electron chi connectivity index (χ1n) is 9.64. The third kappa shape index (κ3) is 3.93. The van der Waals surface area contributed by atoms with Crippen molar-refractivity contribution in [3.05, 3.63) is 60.3 Å². The summed E-state index contributed by atoms with van der Waals surface area (Å²) in [7, 11) is -1.95. The first-order valence-corrected chi connectivity index (χ1v) is 11.1. The van der Waals surface area contributed by atoms with Crippen LogP contribution in [0, 0.1) is 6.92 Å². The highest BCUT2D eigenvalue weighted by Crippen LogP contribution is 2.29. The van der Waals surface area contributed by atoms with Crippen molar-refractivity contribution in [3.8, 4) is 11.5 Å². The third-order valence-electron chi connectivity index (χ3n) is 5.29. The van der Waals surface area contributed by atoms with Gasteiger partial charge in [0.1, 0.15) is 23.1 Å². The van der Waals surface area contributed by atoms with E-state index in [1.807, 2.05) is 37.3 Å². The van der Waals surface area contributed by atoms with Gasteiger partial charge in [-0.3, -0.25) is 4.98 Å². The number of methoxy groups -OCH3 is 1. The lowest BCUT2D eigenvalue weighted by atomic mass is 10.1. The van der Waals surface area contributed by atoms with Crippen molar-refractivity contribution in [2.24, 2.45) is 0 Å². The van der Waals surface area contributed by atoms with Gasteiger partial charge in [0.15, 0.2) is 0 Å². The fourth-order valence-corrected chi connectivity index (χ4v) is 5.26. The van der Waals surface area contributed by atoms with Crippen molar-refractivity contribution in [1.29, 1.82) is 0 Å². The number of rotatable bonds is 5. The van der Waals surface area contributed by atoms with E-state index < -0.39 is 10.0 Å². The highest BCUT2D eigenvalue weighted by Gasteiger charge is 2.30. The Bertz CT molecular complexity index is 1120. The number of aryl methyl sites for hydroxylation is 1. The molecular weight excluding hydrogens is 388 g/mol. The van der Waals surface area contributed by atoms with Crippen LogP contribution in [-0.2, 0) is 10.0 Å². The molecule has 0 atom stereocenters. The number of nitrogens with zero attached hydrogens (tertiary/aromatic N) is 2. The largest absolute Gasteiger partial charge is 0.496 e. The third-order valence-corrected chi connectivity index (χ3v) is 7.19. The van der Waals surface area contributed by atoms with Gasteiger partial charge in [0, 0.05) is 24.7 Å². The number of benzene rings is 2. The van der Waals surface area contributed by atoms with Crippen LogP contribution in [-0.4, -0.2) is 44.0 Å². The lowest BCUT2D eigenvalue weighted by molar-refractivity contribution is 0.136. The van der Waals surface area contributed by atoms with Gasteiger partial charge in [-0.25, -0.2) is 8.42 Å². The Morgan fingerprint density at radius 3 is 2.52 bits per heavy atom. The molecule has 1 fully saturated rings. The summed E-state index contributed by atoms with van der Waals surface area (Å²) in [6.07, 6.45) is 2.99. The van der Waals surface area contributed by atoms with E-state index in [4.69, 9.17) is 9.47 Å². The van der Waals surface area contributed by atoms with E-state index in [2.05, 4.69) is 4.98 Å². The number of pyridine rings is 1. The van der Waals surface area contributed by atoms with Crippen molar-refractivity contribution in [1.82, 2.24) is 9.29 Å². The van der Waals surface area contributed by atoms with Crippen LogP contribution in [0.25, 0.3) is 10.9 Å². The van der Waals surface area contributed by atoms with Crippen molar-refractivity contribution in [2.75, 3.05) is 20.2 Å². The number of fused-ring (bicyclic) bond motifs is 1. The van der Waals surface area contributed by atoms with Gasteiger partial charge in [0.25, 0.3) is 0 Å². The molecule has 0 bridgehead atoms. The SMILES string of the molecule is COc1ccc(S(=O)(=O)N2CCC(Oc3cccc4cccnc34)CC2)cc1C. The predicted molar refractivity (Wildman–Crippen MR) is 112 cm³/mol. The van der Waals surface area contributed by atoms with Gasteiger partial charge >= 0.3 is 0 Å². The summed E-state index contributed by atoms with van der Waals surface area (Å²) in [5, 5.41) is 1.03. The zero-order chi connectivity index (χ0) is 20.4. The normalized spacial score (nSPS) is 16.1. The molecule has 3 aromatic rings. The van der Waals surface area contributed by atoms with Crippen LogP contribution < -0.4 is 9.47 Å². The molecule has 152 valence electrons. The van der Waals surface area contributed by atoms with Crippen molar-refractivity contribution < 1.29 is 17.9 Å². The molecule has 1 aliphatic rings. The number of hydrogen-bond donors (Lipinski definition) is 0. The molecule has 0 radical (unpaired) electrons. The quantitative estimate of drug-likeness (QED) is 0.638. The molecule has 1 aliphatic heterocycles. The standard InChI is InChI=1S/C22H24N2O4S/c1-16-15-19(8-9-20(16)27-2)29(25,26)24-13-10-18(11-14-24)28-21-7-3-5-17-6-4-12-23-22(17)21/h3-9,12,15,18H,10-11,13-14H2,1-2H3. The molecule has 4 rings (SSSR count). The summed E-state index contributed by atoms with van der Waals surface area (Å²) in [4.78, 5) is 4.72. The Labute approximate surface area is 171 Å². The fraction of sp³-hybridized carbons (Fsp3) is 0.318. The second-order valence-electron chi connectivity index (χ2n) is 7.18. The molecule has 2 aromatic carbocycles. The molecular formula is C22H24N2O4S. The lowest BCUT2D eigenvalue weighted by Crippen LogP contribution is -2.41. The smallest absolute Gasteiger partial charge is 0.243 e. The van der Waals surface area contributed by atoms with Gasteiger partial charge in [-0.05, 0) is 55.7 Å². The first kappa shape index (κ1) is 19.7. The van der Waals surface area contributed by atoms with E-state index in [0.717, 1.165) is 22.2 Å². The Kier molecular flexibility index (Phi) is 5.43. The van der Waals surface area contributed by atoms with Crippen LogP contribution in [0.1, 0.15) is 18.4 Å². The van der Waals surface area contributed by atoms with Gasteiger partial charge in [0.05, 0.1) is 12.0 Å². The molecule has 0 saturated carbocycles. The predicted octanol–water partition coefficient (Wildman–Crippen LogP) is 3.78. The molecule has 0 aliphatic carbocycles. The molecule has 7 heteroatoms. The van der Waals surface area contributed by atoms with E-state index in [0.29, 0.717) is 36.6 Å². The summed E-state index contributed by atoms with van der Waals surface area (Å²) >= 11 is 0. The highest BCUT2D eigenvalue weighted by atomic mass is 32.2. The molecule has 2 heterocycles. The number of para-hydroxylation sites is 1. The molecule has 0 spiro atoms. The van der Waals surface area contributed by atoms with Crippen LogP contribution >= 0.6 is 0 Å². The topological polar surface area (TPSA) is 68.7 Å². The van der Waals surface area contributed by atoms with E-state index in [1.54, 1.807) is 31.5 Å². The van der Waals surface area contributed by atoms with Gasteiger partial charge in [-0.15, -0.1) is 0 Å². The second kappa shape index (κ2) is 8.00. The van der Waals surface area contributed by atoms with Crippen LogP contribution in [0.3, 0.4) is 0 Å². The minimum Gasteiger partial charge on any atom is -0.496 e. The van der Waals surface area contributed by atoms with E-state index in [-0.39, 0.29) is 6.10 Å². The van der Waals surface area contributed by atoms with Crippen LogP contribution in [0.2, 0.25) is 0 Å². The van der Waals surface area contributed by atoms with Gasteiger partial charge < -0.3 is 9.47 Å². The van der Waals surface area contributed by atoms with E-state index in [9.17, 15) is 8.42 Å². The number of piperidine rings is 1. The van der Waals surface area contributed by atoms with Gasteiger partial charge in [-0.2, -0.15) is 4.31 Å². The highest BCUT2D eigenvalue weighted by molar-refractivity contribution is 7.89.